The highest BCUT2D eigenvalue weighted by Crippen LogP contribution is 2.25. The molecule has 0 amide bonds. The van der Waals surface area contributed by atoms with E-state index in [9.17, 15) is 4.79 Å². The quantitative estimate of drug-likeness (QED) is 0.315. The Morgan fingerprint density at radius 2 is 1.54 bits per heavy atom. The highest BCUT2D eigenvalue weighted by atomic mass is 32.1. The molecule has 0 aliphatic carbocycles. The SMILES string of the molecule is Cc1cc(OCc2cc(C#Cc3cccs3)cc(C#Cc3cccs3)c2)ccc1OC(C)C(=O)O. The van der Waals surface area contributed by atoms with Crippen LogP contribution in [0.3, 0.4) is 0 Å². The van der Waals surface area contributed by atoms with Crippen LogP contribution in [0.25, 0.3) is 0 Å². The summed E-state index contributed by atoms with van der Waals surface area (Å²) in [5, 5.41) is 13.1. The summed E-state index contributed by atoms with van der Waals surface area (Å²) in [4.78, 5) is 13.1. The van der Waals surface area contributed by atoms with Gasteiger partial charge >= 0.3 is 5.97 Å². The Kier molecular flexibility index (Phi) is 7.90. The number of ether oxygens (including phenoxy) is 2. The zero-order valence-corrected chi connectivity index (χ0v) is 20.8. The zero-order valence-electron chi connectivity index (χ0n) is 19.2. The minimum Gasteiger partial charge on any atom is -0.489 e. The first-order valence-corrected chi connectivity index (χ1v) is 12.6. The highest BCUT2D eigenvalue weighted by Gasteiger charge is 2.14. The van der Waals surface area contributed by atoms with Crippen molar-refractivity contribution in [3.05, 3.63) is 103 Å². The number of carbonyl (C=O) groups is 1. The van der Waals surface area contributed by atoms with Gasteiger partial charge < -0.3 is 14.6 Å². The third-order valence-electron chi connectivity index (χ3n) is 4.90. The van der Waals surface area contributed by atoms with E-state index >= 15 is 0 Å². The Balaban J connectivity index is 1.54. The van der Waals surface area contributed by atoms with Gasteiger partial charge in [-0.2, -0.15) is 0 Å². The molecule has 0 aliphatic rings. The van der Waals surface area contributed by atoms with Gasteiger partial charge in [0.2, 0.25) is 0 Å². The minimum absolute atomic E-state index is 0.341. The summed E-state index contributed by atoms with van der Waals surface area (Å²) in [7, 11) is 0. The minimum atomic E-state index is -1.01. The Hall–Kier alpha value is -3.97. The van der Waals surface area contributed by atoms with Crippen LogP contribution in [0.4, 0.5) is 0 Å². The van der Waals surface area contributed by atoms with Crippen molar-refractivity contribution in [2.45, 2.75) is 26.6 Å². The summed E-state index contributed by atoms with van der Waals surface area (Å²) >= 11 is 3.21. The molecule has 0 spiro atoms. The molecular formula is C29H22O4S2. The molecule has 0 saturated heterocycles. The van der Waals surface area contributed by atoms with E-state index in [1.165, 1.54) is 6.92 Å². The predicted molar refractivity (Wildman–Crippen MR) is 140 cm³/mol. The normalized spacial score (nSPS) is 10.9. The molecule has 0 saturated carbocycles. The smallest absolute Gasteiger partial charge is 0.344 e. The fourth-order valence-corrected chi connectivity index (χ4v) is 4.28. The van der Waals surface area contributed by atoms with E-state index in [1.54, 1.807) is 34.8 Å². The van der Waals surface area contributed by atoms with E-state index in [1.807, 2.05) is 66.2 Å². The average Bonchev–Trinajstić information content (AvgIpc) is 3.56. The number of hydrogen-bond acceptors (Lipinski definition) is 5. The molecule has 1 atom stereocenters. The first kappa shape index (κ1) is 24.2. The van der Waals surface area contributed by atoms with Crippen LogP contribution >= 0.6 is 22.7 Å². The average molecular weight is 499 g/mol. The third-order valence-corrected chi connectivity index (χ3v) is 6.47. The topological polar surface area (TPSA) is 55.8 Å². The van der Waals surface area contributed by atoms with E-state index in [-0.39, 0.29) is 0 Å². The molecule has 0 bridgehead atoms. The van der Waals surface area contributed by atoms with Crippen LogP contribution in [-0.4, -0.2) is 17.2 Å². The number of rotatable bonds is 6. The van der Waals surface area contributed by atoms with Gasteiger partial charge in [-0.3, -0.25) is 0 Å². The van der Waals surface area contributed by atoms with Crippen molar-refractivity contribution < 1.29 is 19.4 Å². The lowest BCUT2D eigenvalue weighted by molar-refractivity contribution is -0.144. The molecule has 4 nitrogen and oxygen atoms in total. The molecule has 35 heavy (non-hydrogen) atoms. The fourth-order valence-electron chi connectivity index (χ4n) is 3.14. The standard InChI is InChI=1S/C29H22O4S2/c1-20-15-25(9-12-28(20)33-21(2)29(30)31)32-19-24-17-22(7-10-26-5-3-13-34-26)16-23(18-24)8-11-27-6-4-14-35-27/h3-6,9,12-18,21H,19H2,1-2H3,(H,30,31). The van der Waals surface area contributed by atoms with Gasteiger partial charge in [0.1, 0.15) is 18.1 Å². The molecule has 4 aromatic rings. The van der Waals surface area contributed by atoms with E-state index in [0.29, 0.717) is 18.1 Å². The van der Waals surface area contributed by atoms with Crippen LogP contribution in [0.2, 0.25) is 0 Å². The molecule has 0 fully saturated rings. The van der Waals surface area contributed by atoms with E-state index in [0.717, 1.165) is 32.0 Å². The van der Waals surface area contributed by atoms with Gasteiger partial charge in [0.25, 0.3) is 0 Å². The number of benzene rings is 2. The second-order valence-corrected chi connectivity index (χ2v) is 9.58. The molecule has 1 N–H and O–H groups in total. The monoisotopic (exact) mass is 498 g/mol. The van der Waals surface area contributed by atoms with E-state index < -0.39 is 12.1 Å². The number of thiophene rings is 2. The molecule has 2 aromatic heterocycles. The summed E-state index contributed by atoms with van der Waals surface area (Å²) in [6.45, 7) is 3.70. The van der Waals surface area contributed by atoms with E-state index in [4.69, 9.17) is 14.6 Å². The lowest BCUT2D eigenvalue weighted by Gasteiger charge is -2.14. The van der Waals surface area contributed by atoms with E-state index in [2.05, 4.69) is 23.7 Å². The first-order chi connectivity index (χ1) is 17.0. The summed E-state index contributed by atoms with van der Waals surface area (Å²) in [5.41, 5.74) is 3.50. The van der Waals surface area contributed by atoms with Gasteiger partial charge in [0.15, 0.2) is 6.10 Å². The largest absolute Gasteiger partial charge is 0.489 e. The maximum Gasteiger partial charge on any atom is 0.344 e. The summed E-state index contributed by atoms with van der Waals surface area (Å²) in [6.07, 6.45) is -0.924. The van der Waals surface area contributed by atoms with Crippen LogP contribution in [0.1, 0.15) is 38.9 Å². The van der Waals surface area contributed by atoms with Crippen molar-refractivity contribution in [2.24, 2.45) is 0 Å². The van der Waals surface area contributed by atoms with Crippen molar-refractivity contribution in [1.82, 2.24) is 0 Å². The third kappa shape index (κ3) is 7.01. The molecule has 0 radical (unpaired) electrons. The van der Waals surface area contributed by atoms with Gasteiger partial charge in [-0.05, 0) is 84.3 Å². The van der Waals surface area contributed by atoms with Crippen molar-refractivity contribution in [2.75, 3.05) is 0 Å². The molecule has 1 unspecified atom stereocenters. The van der Waals surface area contributed by atoms with Crippen LogP contribution in [-0.2, 0) is 11.4 Å². The van der Waals surface area contributed by atoms with Crippen LogP contribution < -0.4 is 9.47 Å². The molecule has 0 aliphatic heterocycles. The molecule has 2 aromatic carbocycles. The Bertz CT molecular complexity index is 1360. The number of aryl methyl sites for hydroxylation is 1. The van der Waals surface area contributed by atoms with Crippen LogP contribution in [0, 0.1) is 30.6 Å². The van der Waals surface area contributed by atoms with Gasteiger partial charge in [0, 0.05) is 11.1 Å². The number of aliphatic carboxylic acids is 1. The second kappa shape index (κ2) is 11.4. The molecular weight excluding hydrogens is 476 g/mol. The maximum atomic E-state index is 11.1. The number of carboxylic acids is 1. The van der Waals surface area contributed by atoms with Gasteiger partial charge in [-0.1, -0.05) is 35.8 Å². The Labute approximate surface area is 212 Å². The van der Waals surface area contributed by atoms with Crippen LogP contribution in [0.5, 0.6) is 11.5 Å². The van der Waals surface area contributed by atoms with Gasteiger partial charge in [-0.15, -0.1) is 22.7 Å². The highest BCUT2D eigenvalue weighted by molar-refractivity contribution is 7.10. The second-order valence-electron chi connectivity index (χ2n) is 7.69. The predicted octanol–water partition coefficient (Wildman–Crippen LogP) is 6.35. The van der Waals surface area contributed by atoms with Crippen molar-refractivity contribution in [1.29, 1.82) is 0 Å². The molecule has 4 rings (SSSR count). The van der Waals surface area contributed by atoms with Crippen molar-refractivity contribution in [3.63, 3.8) is 0 Å². The van der Waals surface area contributed by atoms with Gasteiger partial charge in [0.05, 0.1) is 9.75 Å². The lowest BCUT2D eigenvalue weighted by Crippen LogP contribution is -2.23. The maximum absolute atomic E-state index is 11.1. The fraction of sp³-hybridized carbons (Fsp3) is 0.138. The Morgan fingerprint density at radius 1 is 0.914 bits per heavy atom. The Morgan fingerprint density at radius 3 is 2.06 bits per heavy atom. The zero-order chi connectivity index (χ0) is 24.6. The number of hydrogen-bond donors (Lipinski definition) is 1. The molecule has 2 heterocycles. The molecule has 6 heteroatoms. The van der Waals surface area contributed by atoms with Crippen molar-refractivity contribution >= 4 is 28.6 Å². The summed E-state index contributed by atoms with van der Waals surface area (Å²) < 4.78 is 11.5. The summed E-state index contributed by atoms with van der Waals surface area (Å²) in [6, 6.07) is 19.3. The summed E-state index contributed by atoms with van der Waals surface area (Å²) in [5.74, 6) is 13.1. The van der Waals surface area contributed by atoms with Crippen LogP contribution in [0.15, 0.2) is 71.4 Å². The van der Waals surface area contributed by atoms with Gasteiger partial charge in [-0.25, -0.2) is 4.79 Å². The van der Waals surface area contributed by atoms with Crippen molar-refractivity contribution in [3.8, 4) is 35.2 Å². The first-order valence-electron chi connectivity index (χ1n) is 10.8. The molecule has 174 valence electrons. The number of carboxylic acid groups (broad SMARTS) is 1. The lowest BCUT2D eigenvalue weighted by atomic mass is 10.1.